The molecule has 0 heterocycles. The minimum absolute atomic E-state index is 1.02. The second kappa shape index (κ2) is 11.7. The number of hydrogen-bond acceptors (Lipinski definition) is 4. The van der Waals surface area contributed by atoms with Crippen LogP contribution < -0.4 is 0 Å². The van der Waals surface area contributed by atoms with Crippen molar-refractivity contribution in [2.75, 3.05) is 11.5 Å². The van der Waals surface area contributed by atoms with Crippen LogP contribution in [0, 0.1) is 0 Å². The Morgan fingerprint density at radius 3 is 2.08 bits per heavy atom. The topological polar surface area (TPSA) is 0 Å². The first-order chi connectivity index (χ1) is 11.7. The van der Waals surface area contributed by atoms with Gasteiger partial charge in [0.15, 0.2) is 0 Å². The third-order valence-electron chi connectivity index (χ3n) is 4.28. The number of rotatable bonds is 11. The molecule has 0 aliphatic carbocycles. The Morgan fingerprint density at radius 1 is 0.708 bits per heavy atom. The van der Waals surface area contributed by atoms with Crippen molar-refractivity contribution in [3.05, 3.63) is 30.3 Å². The molecule has 4 heteroatoms. The Bertz CT molecular complexity index is 624. The molecule has 0 atom stereocenters. The van der Waals surface area contributed by atoms with Gasteiger partial charge in [-0.2, -0.15) is 12.6 Å². The maximum Gasteiger partial charge on any atom is 0.0256 e. The van der Waals surface area contributed by atoms with Gasteiger partial charge in [-0.05, 0) is 47.3 Å². The highest BCUT2D eigenvalue weighted by molar-refractivity contribution is 7.99. The SMILES string of the molecule is SCCCCCCCCCCSc1ccc2c(S)cccc2c1S. The van der Waals surface area contributed by atoms with Crippen LogP contribution in [-0.4, -0.2) is 11.5 Å². The maximum absolute atomic E-state index is 4.75. The van der Waals surface area contributed by atoms with E-state index < -0.39 is 0 Å². The summed E-state index contributed by atoms with van der Waals surface area (Å²) in [7, 11) is 0. The summed E-state index contributed by atoms with van der Waals surface area (Å²) in [5.41, 5.74) is 0. The van der Waals surface area contributed by atoms with Crippen LogP contribution in [0.15, 0.2) is 45.0 Å². The van der Waals surface area contributed by atoms with Crippen LogP contribution in [0.1, 0.15) is 51.4 Å². The quantitative estimate of drug-likeness (QED) is 0.200. The lowest BCUT2D eigenvalue weighted by Crippen LogP contribution is -1.86. The molecule has 2 aromatic rings. The molecule has 0 fully saturated rings. The highest BCUT2D eigenvalue weighted by atomic mass is 32.2. The highest BCUT2D eigenvalue weighted by Gasteiger charge is 2.06. The largest absolute Gasteiger partial charge is 0.179 e. The summed E-state index contributed by atoms with van der Waals surface area (Å²) >= 11 is 15.5. The minimum atomic E-state index is 1.02. The molecule has 2 rings (SSSR count). The van der Waals surface area contributed by atoms with Gasteiger partial charge in [-0.15, -0.1) is 37.0 Å². The third kappa shape index (κ3) is 6.44. The fraction of sp³-hybridized carbons (Fsp3) is 0.500. The summed E-state index contributed by atoms with van der Waals surface area (Å²) in [5, 5.41) is 2.39. The Labute approximate surface area is 167 Å². The molecule has 0 spiro atoms. The molecule has 0 aromatic heterocycles. The van der Waals surface area contributed by atoms with E-state index in [9.17, 15) is 0 Å². The summed E-state index contributed by atoms with van der Waals surface area (Å²) in [5.74, 6) is 2.22. The maximum atomic E-state index is 4.75. The first-order valence-electron chi connectivity index (χ1n) is 8.91. The molecule has 0 aliphatic heterocycles. The lowest BCUT2D eigenvalue weighted by molar-refractivity contribution is 0.588. The van der Waals surface area contributed by atoms with Gasteiger partial charge in [0, 0.05) is 14.7 Å². The average molecular weight is 397 g/mol. The van der Waals surface area contributed by atoms with E-state index in [1.54, 1.807) is 0 Å². The van der Waals surface area contributed by atoms with Crippen LogP contribution in [0.4, 0.5) is 0 Å². The number of unbranched alkanes of at least 4 members (excludes halogenated alkanes) is 7. The summed E-state index contributed by atoms with van der Waals surface area (Å²) in [6.07, 6.45) is 10.8. The van der Waals surface area contributed by atoms with Crippen molar-refractivity contribution in [1.82, 2.24) is 0 Å². The number of thioether (sulfide) groups is 1. The van der Waals surface area contributed by atoms with E-state index in [1.165, 1.54) is 72.8 Å². The zero-order valence-electron chi connectivity index (χ0n) is 14.2. The lowest BCUT2D eigenvalue weighted by atomic mass is 10.1. The summed E-state index contributed by atoms with van der Waals surface area (Å²) in [6, 6.07) is 10.6. The van der Waals surface area contributed by atoms with E-state index >= 15 is 0 Å². The van der Waals surface area contributed by atoms with Gasteiger partial charge < -0.3 is 0 Å². The molecule has 2 aromatic carbocycles. The van der Waals surface area contributed by atoms with Gasteiger partial charge in [0.25, 0.3) is 0 Å². The van der Waals surface area contributed by atoms with Gasteiger partial charge in [-0.25, -0.2) is 0 Å². The molecule has 0 amide bonds. The molecule has 0 saturated heterocycles. The van der Waals surface area contributed by atoms with Crippen molar-refractivity contribution in [3.8, 4) is 0 Å². The Morgan fingerprint density at radius 2 is 1.38 bits per heavy atom. The molecule has 0 N–H and O–H groups in total. The summed E-state index contributed by atoms with van der Waals surface area (Å²) in [6.45, 7) is 0. The molecule has 0 nitrogen and oxygen atoms in total. The Balaban J connectivity index is 1.68. The second-order valence-corrected chi connectivity index (χ2v) is 8.70. The van der Waals surface area contributed by atoms with Gasteiger partial charge in [-0.1, -0.05) is 56.7 Å². The monoisotopic (exact) mass is 396 g/mol. The fourth-order valence-corrected chi connectivity index (χ4v) is 4.83. The number of benzene rings is 2. The van der Waals surface area contributed by atoms with Crippen LogP contribution in [0.2, 0.25) is 0 Å². The van der Waals surface area contributed by atoms with E-state index in [0.717, 1.165) is 15.5 Å². The molecule has 132 valence electrons. The van der Waals surface area contributed by atoms with Crippen molar-refractivity contribution in [2.24, 2.45) is 0 Å². The number of thiol groups is 3. The third-order valence-corrected chi connectivity index (χ3v) is 6.77. The summed E-state index contributed by atoms with van der Waals surface area (Å²) in [4.78, 5) is 3.41. The Hall–Kier alpha value is 0.1000. The first-order valence-corrected chi connectivity index (χ1v) is 11.4. The highest BCUT2D eigenvalue weighted by Crippen LogP contribution is 2.35. The van der Waals surface area contributed by atoms with Crippen molar-refractivity contribution >= 4 is 60.4 Å². The molecule has 24 heavy (non-hydrogen) atoms. The molecule has 0 aliphatic rings. The van der Waals surface area contributed by atoms with Gasteiger partial charge in [0.2, 0.25) is 0 Å². The standard InChI is InChI=1S/C20H28S4/c21-14-7-5-3-1-2-4-6-8-15-24-19-13-12-16-17(20(19)23)10-9-11-18(16)22/h9-13,21-23H,1-8,14-15H2. The van der Waals surface area contributed by atoms with Crippen LogP contribution in [0.25, 0.3) is 10.8 Å². The van der Waals surface area contributed by atoms with E-state index in [0.29, 0.717) is 0 Å². The number of hydrogen-bond donors (Lipinski definition) is 3. The fourth-order valence-electron chi connectivity index (χ4n) is 2.88. The van der Waals surface area contributed by atoms with Gasteiger partial charge in [0.1, 0.15) is 0 Å². The van der Waals surface area contributed by atoms with Crippen molar-refractivity contribution < 1.29 is 0 Å². The van der Waals surface area contributed by atoms with Gasteiger partial charge in [0.05, 0.1) is 0 Å². The van der Waals surface area contributed by atoms with Gasteiger partial charge in [-0.3, -0.25) is 0 Å². The van der Waals surface area contributed by atoms with Crippen molar-refractivity contribution in [2.45, 2.75) is 66.1 Å². The van der Waals surface area contributed by atoms with Crippen LogP contribution >= 0.6 is 49.6 Å². The first kappa shape index (κ1) is 20.4. The van der Waals surface area contributed by atoms with Crippen LogP contribution in [-0.2, 0) is 0 Å². The zero-order valence-corrected chi connectivity index (χ0v) is 17.7. The minimum Gasteiger partial charge on any atom is -0.179 e. The van der Waals surface area contributed by atoms with Crippen LogP contribution in [0.3, 0.4) is 0 Å². The molecule has 0 saturated carbocycles. The molecule has 0 radical (unpaired) electrons. The van der Waals surface area contributed by atoms with E-state index in [1.807, 2.05) is 17.8 Å². The normalized spacial score (nSPS) is 11.3. The van der Waals surface area contributed by atoms with E-state index in [4.69, 9.17) is 12.6 Å². The molecular weight excluding hydrogens is 368 g/mol. The summed E-state index contributed by atoms with van der Waals surface area (Å²) < 4.78 is 0. The number of fused-ring (bicyclic) bond motifs is 1. The van der Waals surface area contributed by atoms with E-state index in [2.05, 4.69) is 49.5 Å². The average Bonchev–Trinajstić information content (AvgIpc) is 2.59. The van der Waals surface area contributed by atoms with Crippen LogP contribution in [0.5, 0.6) is 0 Å². The zero-order chi connectivity index (χ0) is 17.2. The predicted molar refractivity (Wildman–Crippen MR) is 120 cm³/mol. The molecule has 0 bridgehead atoms. The van der Waals surface area contributed by atoms with Gasteiger partial charge >= 0.3 is 0 Å². The molecular formula is C20H28S4. The van der Waals surface area contributed by atoms with Crippen molar-refractivity contribution in [3.63, 3.8) is 0 Å². The van der Waals surface area contributed by atoms with Crippen molar-refractivity contribution in [1.29, 1.82) is 0 Å². The predicted octanol–water partition coefficient (Wildman–Crippen LogP) is 7.56. The smallest absolute Gasteiger partial charge is 0.0256 e. The Kier molecular flexibility index (Phi) is 9.92. The lowest BCUT2D eigenvalue weighted by Gasteiger charge is -2.09. The second-order valence-electron chi connectivity index (χ2n) is 6.19. The van der Waals surface area contributed by atoms with E-state index in [-0.39, 0.29) is 0 Å². The molecule has 0 unspecified atom stereocenters.